The first-order valence-electron chi connectivity index (χ1n) is 8.00. The van der Waals surface area contributed by atoms with Crippen molar-refractivity contribution in [3.05, 3.63) is 70.8 Å². The van der Waals surface area contributed by atoms with Crippen molar-refractivity contribution in [3.63, 3.8) is 0 Å². The van der Waals surface area contributed by atoms with E-state index in [1.165, 1.54) is 29.5 Å². The molecule has 21 heavy (non-hydrogen) atoms. The van der Waals surface area contributed by atoms with E-state index in [1.807, 2.05) is 0 Å². The van der Waals surface area contributed by atoms with Crippen molar-refractivity contribution >= 4 is 0 Å². The molecule has 1 fully saturated rings. The minimum Gasteiger partial charge on any atom is -0.388 e. The van der Waals surface area contributed by atoms with Gasteiger partial charge in [0.05, 0.1) is 6.10 Å². The maximum atomic E-state index is 10.4. The van der Waals surface area contributed by atoms with E-state index >= 15 is 0 Å². The Hall–Kier alpha value is -1.60. The second-order valence-corrected chi connectivity index (χ2v) is 6.56. The molecule has 1 unspecified atom stereocenters. The van der Waals surface area contributed by atoms with Gasteiger partial charge in [-0.2, -0.15) is 0 Å². The molecule has 0 radical (unpaired) electrons. The second-order valence-electron chi connectivity index (χ2n) is 6.56. The van der Waals surface area contributed by atoms with Gasteiger partial charge >= 0.3 is 0 Å². The Morgan fingerprint density at radius 1 is 0.905 bits per heavy atom. The average Bonchev–Trinajstić information content (AvgIpc) is 3.32. The molecule has 0 saturated heterocycles. The summed E-state index contributed by atoms with van der Waals surface area (Å²) in [5.41, 5.74) is 4.99. The second kappa shape index (κ2) is 6.03. The van der Waals surface area contributed by atoms with E-state index in [4.69, 9.17) is 0 Å². The van der Waals surface area contributed by atoms with Gasteiger partial charge in [0.2, 0.25) is 0 Å². The molecule has 1 atom stereocenters. The van der Waals surface area contributed by atoms with Gasteiger partial charge in [-0.25, -0.2) is 0 Å². The summed E-state index contributed by atoms with van der Waals surface area (Å²) in [5.74, 6) is 1.33. The van der Waals surface area contributed by atoms with Gasteiger partial charge in [-0.3, -0.25) is 0 Å². The molecule has 1 heteroatoms. The highest BCUT2D eigenvalue weighted by Crippen LogP contribution is 2.40. The Bertz CT molecular complexity index is 576. The summed E-state index contributed by atoms with van der Waals surface area (Å²) in [6.45, 7) is 4.40. The average molecular weight is 280 g/mol. The lowest BCUT2D eigenvalue weighted by Crippen LogP contribution is -2.02. The number of benzene rings is 2. The van der Waals surface area contributed by atoms with Crippen LogP contribution in [0.1, 0.15) is 66.9 Å². The molecule has 0 heterocycles. The zero-order valence-corrected chi connectivity index (χ0v) is 12.9. The fourth-order valence-corrected chi connectivity index (χ4v) is 2.79. The minimum absolute atomic E-state index is 0.414. The van der Waals surface area contributed by atoms with E-state index in [-0.39, 0.29) is 0 Å². The van der Waals surface area contributed by atoms with Crippen molar-refractivity contribution in [1.82, 2.24) is 0 Å². The van der Waals surface area contributed by atoms with Crippen molar-refractivity contribution < 1.29 is 5.11 Å². The lowest BCUT2D eigenvalue weighted by atomic mass is 9.97. The van der Waals surface area contributed by atoms with Gasteiger partial charge < -0.3 is 5.11 Å². The van der Waals surface area contributed by atoms with Crippen molar-refractivity contribution in [2.45, 2.75) is 51.0 Å². The van der Waals surface area contributed by atoms with E-state index in [9.17, 15) is 5.11 Å². The first-order valence-corrected chi connectivity index (χ1v) is 8.00. The van der Waals surface area contributed by atoms with Crippen LogP contribution in [0.5, 0.6) is 0 Å². The maximum absolute atomic E-state index is 10.4. The first-order chi connectivity index (χ1) is 10.1. The van der Waals surface area contributed by atoms with E-state index in [0.29, 0.717) is 12.3 Å². The van der Waals surface area contributed by atoms with Gasteiger partial charge in [-0.15, -0.1) is 0 Å². The Morgan fingerprint density at radius 3 is 2.00 bits per heavy atom. The number of hydrogen-bond acceptors (Lipinski definition) is 1. The standard InChI is InChI=1S/C20H24O/c1-14(2)16-5-3-15(4-6-16)13-20(21)19-11-9-18(10-12-19)17-7-8-17/h3-6,9-12,14,17,20-21H,7-8,13H2,1-2H3. The molecule has 0 aromatic heterocycles. The molecule has 0 spiro atoms. The fourth-order valence-electron chi connectivity index (χ4n) is 2.79. The van der Waals surface area contributed by atoms with E-state index in [1.54, 1.807) is 0 Å². The predicted octanol–water partition coefficient (Wildman–Crippen LogP) is 4.96. The summed E-state index contributed by atoms with van der Waals surface area (Å²) in [5, 5.41) is 10.4. The van der Waals surface area contributed by atoms with Crippen molar-refractivity contribution in [2.75, 3.05) is 0 Å². The highest BCUT2D eigenvalue weighted by atomic mass is 16.3. The van der Waals surface area contributed by atoms with Crippen LogP contribution in [0.4, 0.5) is 0 Å². The normalized spacial score (nSPS) is 16.2. The van der Waals surface area contributed by atoms with Gasteiger partial charge in [-0.05, 0) is 46.9 Å². The van der Waals surface area contributed by atoms with Crippen molar-refractivity contribution in [1.29, 1.82) is 0 Å². The van der Waals surface area contributed by atoms with Gasteiger partial charge in [-0.1, -0.05) is 62.4 Å². The van der Waals surface area contributed by atoms with Crippen LogP contribution in [-0.4, -0.2) is 5.11 Å². The summed E-state index contributed by atoms with van der Waals surface area (Å²) in [7, 11) is 0. The third-order valence-corrected chi connectivity index (χ3v) is 4.45. The first kappa shape index (κ1) is 14.3. The monoisotopic (exact) mass is 280 g/mol. The van der Waals surface area contributed by atoms with Crippen LogP contribution in [0.15, 0.2) is 48.5 Å². The molecule has 1 saturated carbocycles. The highest BCUT2D eigenvalue weighted by molar-refractivity contribution is 5.31. The number of hydrogen-bond donors (Lipinski definition) is 1. The molecule has 1 aliphatic rings. The van der Waals surface area contributed by atoms with Crippen LogP contribution in [0.25, 0.3) is 0 Å². The SMILES string of the molecule is CC(C)c1ccc(CC(O)c2ccc(C3CC3)cc2)cc1. The summed E-state index contributed by atoms with van der Waals surface area (Å²) >= 11 is 0. The Labute approximate surface area is 127 Å². The van der Waals surface area contributed by atoms with Crippen LogP contribution in [0.3, 0.4) is 0 Å². The third kappa shape index (κ3) is 3.54. The quantitative estimate of drug-likeness (QED) is 0.820. The predicted molar refractivity (Wildman–Crippen MR) is 87.6 cm³/mol. The lowest BCUT2D eigenvalue weighted by molar-refractivity contribution is 0.178. The zero-order valence-electron chi connectivity index (χ0n) is 12.9. The molecule has 1 nitrogen and oxygen atoms in total. The molecular weight excluding hydrogens is 256 g/mol. The van der Waals surface area contributed by atoms with Crippen LogP contribution < -0.4 is 0 Å². The van der Waals surface area contributed by atoms with Gasteiger partial charge in [0, 0.05) is 6.42 Å². The molecule has 2 aromatic carbocycles. The summed E-state index contributed by atoms with van der Waals surface area (Å²) in [6, 6.07) is 17.1. The molecule has 3 rings (SSSR count). The Morgan fingerprint density at radius 2 is 1.48 bits per heavy atom. The van der Waals surface area contributed by atoms with Crippen molar-refractivity contribution in [2.24, 2.45) is 0 Å². The molecular formula is C20H24O. The van der Waals surface area contributed by atoms with Gasteiger partial charge in [0.1, 0.15) is 0 Å². The van der Waals surface area contributed by atoms with Gasteiger partial charge in [0.25, 0.3) is 0 Å². The third-order valence-electron chi connectivity index (χ3n) is 4.45. The molecule has 0 amide bonds. The van der Waals surface area contributed by atoms with Gasteiger partial charge in [0.15, 0.2) is 0 Å². The summed E-state index contributed by atoms with van der Waals surface area (Å²) in [6.07, 6.45) is 2.91. The van der Waals surface area contributed by atoms with Crippen LogP contribution in [0, 0.1) is 0 Å². The van der Waals surface area contributed by atoms with E-state index < -0.39 is 6.10 Å². The largest absolute Gasteiger partial charge is 0.388 e. The molecule has 0 aliphatic heterocycles. The lowest BCUT2D eigenvalue weighted by Gasteiger charge is -2.13. The highest BCUT2D eigenvalue weighted by Gasteiger charge is 2.23. The molecule has 110 valence electrons. The molecule has 2 aromatic rings. The van der Waals surface area contributed by atoms with E-state index in [2.05, 4.69) is 62.4 Å². The zero-order chi connectivity index (χ0) is 14.8. The smallest absolute Gasteiger partial charge is 0.0830 e. The maximum Gasteiger partial charge on any atom is 0.0830 e. The Balaban J connectivity index is 1.65. The molecule has 1 N–H and O–H groups in total. The van der Waals surface area contributed by atoms with Crippen LogP contribution in [-0.2, 0) is 6.42 Å². The summed E-state index contributed by atoms with van der Waals surface area (Å²) in [4.78, 5) is 0. The number of rotatable bonds is 5. The Kier molecular flexibility index (Phi) is 4.12. The topological polar surface area (TPSA) is 20.2 Å². The van der Waals surface area contributed by atoms with Crippen LogP contribution in [0.2, 0.25) is 0 Å². The van der Waals surface area contributed by atoms with Crippen molar-refractivity contribution in [3.8, 4) is 0 Å². The summed E-state index contributed by atoms with van der Waals surface area (Å²) < 4.78 is 0. The number of aliphatic hydroxyl groups is 1. The number of aliphatic hydroxyl groups excluding tert-OH is 1. The molecule has 1 aliphatic carbocycles. The minimum atomic E-state index is -0.414. The van der Waals surface area contributed by atoms with E-state index in [0.717, 1.165) is 11.5 Å². The van der Waals surface area contributed by atoms with Crippen LogP contribution >= 0.6 is 0 Å². The molecule has 0 bridgehead atoms. The fraction of sp³-hybridized carbons (Fsp3) is 0.400.